The summed E-state index contributed by atoms with van der Waals surface area (Å²) in [5.41, 5.74) is -0.312. The molecule has 2 nitrogen and oxygen atoms in total. The zero-order valence-electron chi connectivity index (χ0n) is 11.0. The fourth-order valence-electron chi connectivity index (χ4n) is 2.41. The highest BCUT2D eigenvalue weighted by molar-refractivity contribution is 5.83. The molecule has 1 rings (SSSR count). The maximum Gasteiger partial charge on any atom is 0.140 e. The average Bonchev–Trinajstić information content (AvgIpc) is 2.17. The zero-order valence-corrected chi connectivity index (χ0v) is 11.0. The minimum atomic E-state index is -0.421. The Hall–Kier alpha value is -0.370. The number of carbonyl (C=O) groups is 1. The minimum Gasteiger partial charge on any atom is -0.393 e. The Morgan fingerprint density at radius 1 is 1.25 bits per heavy atom. The molecular formula is C14H26O2. The fraction of sp³-hybridized carbons (Fsp3) is 0.929. The number of ketones is 1. The normalized spacial score (nSPS) is 20.8. The highest BCUT2D eigenvalue weighted by atomic mass is 16.3. The lowest BCUT2D eigenvalue weighted by Gasteiger charge is -2.25. The molecule has 0 spiro atoms. The Morgan fingerprint density at radius 2 is 1.81 bits per heavy atom. The van der Waals surface area contributed by atoms with Crippen LogP contribution in [0.1, 0.15) is 65.7 Å². The third-order valence-electron chi connectivity index (χ3n) is 3.59. The second-order valence-electron chi connectivity index (χ2n) is 6.27. The monoisotopic (exact) mass is 226 g/mol. The Kier molecular flexibility index (Phi) is 4.97. The topological polar surface area (TPSA) is 37.3 Å². The summed E-state index contributed by atoms with van der Waals surface area (Å²) < 4.78 is 0. The molecule has 94 valence electrons. The summed E-state index contributed by atoms with van der Waals surface area (Å²) in [6, 6.07) is 0. The van der Waals surface area contributed by atoms with Gasteiger partial charge in [0.05, 0.1) is 6.10 Å². The van der Waals surface area contributed by atoms with Gasteiger partial charge in [0.1, 0.15) is 5.78 Å². The predicted molar refractivity (Wildman–Crippen MR) is 66.3 cm³/mol. The Morgan fingerprint density at radius 3 is 2.31 bits per heavy atom. The summed E-state index contributed by atoms with van der Waals surface area (Å²) in [6.45, 7) is 5.76. The van der Waals surface area contributed by atoms with Gasteiger partial charge < -0.3 is 5.11 Å². The van der Waals surface area contributed by atoms with E-state index in [0.29, 0.717) is 12.3 Å². The van der Waals surface area contributed by atoms with E-state index in [-0.39, 0.29) is 11.2 Å². The van der Waals surface area contributed by atoms with Gasteiger partial charge in [-0.3, -0.25) is 4.79 Å². The molecule has 0 aromatic carbocycles. The molecule has 0 saturated heterocycles. The maximum absolute atomic E-state index is 11.8. The molecule has 0 aromatic rings. The van der Waals surface area contributed by atoms with Crippen molar-refractivity contribution in [3.05, 3.63) is 0 Å². The molecule has 0 heterocycles. The van der Waals surface area contributed by atoms with Crippen LogP contribution < -0.4 is 0 Å². The first-order valence-electron chi connectivity index (χ1n) is 6.61. The summed E-state index contributed by atoms with van der Waals surface area (Å²) in [6.07, 6.45) is 7.14. The molecular weight excluding hydrogens is 200 g/mol. The van der Waals surface area contributed by atoms with Crippen LogP contribution in [0.15, 0.2) is 0 Å². The molecule has 1 aliphatic carbocycles. The molecule has 1 N–H and O–H groups in total. The van der Waals surface area contributed by atoms with Crippen LogP contribution in [0, 0.1) is 11.3 Å². The summed E-state index contributed by atoms with van der Waals surface area (Å²) in [4.78, 5) is 11.8. The van der Waals surface area contributed by atoms with E-state index in [1.807, 2.05) is 20.8 Å². The lowest BCUT2D eigenvalue weighted by molar-refractivity contribution is -0.128. The smallest absolute Gasteiger partial charge is 0.140 e. The summed E-state index contributed by atoms with van der Waals surface area (Å²) >= 11 is 0. The zero-order chi connectivity index (χ0) is 12.2. The van der Waals surface area contributed by atoms with E-state index in [9.17, 15) is 9.90 Å². The van der Waals surface area contributed by atoms with Gasteiger partial charge in [0.2, 0.25) is 0 Å². The summed E-state index contributed by atoms with van der Waals surface area (Å²) in [5.74, 6) is 0.826. The molecule has 1 fully saturated rings. The second-order valence-corrected chi connectivity index (χ2v) is 6.27. The van der Waals surface area contributed by atoms with Crippen LogP contribution in [-0.2, 0) is 4.79 Å². The number of aliphatic hydroxyl groups excluding tert-OH is 1. The number of hydrogen-bond acceptors (Lipinski definition) is 2. The van der Waals surface area contributed by atoms with Crippen LogP contribution in [0.2, 0.25) is 0 Å². The summed E-state index contributed by atoms with van der Waals surface area (Å²) in [5, 5.41) is 9.91. The molecule has 1 atom stereocenters. The van der Waals surface area contributed by atoms with Crippen molar-refractivity contribution in [2.75, 3.05) is 0 Å². The van der Waals surface area contributed by atoms with Crippen molar-refractivity contribution in [2.24, 2.45) is 11.3 Å². The van der Waals surface area contributed by atoms with Crippen molar-refractivity contribution in [3.63, 3.8) is 0 Å². The van der Waals surface area contributed by atoms with Crippen LogP contribution in [0.4, 0.5) is 0 Å². The standard InChI is InChI=1S/C14H26O2/c1-14(2,3)13(16)10-12(15)9-11-7-5-4-6-8-11/h11-12,15H,4-10H2,1-3H3. The summed E-state index contributed by atoms with van der Waals surface area (Å²) in [7, 11) is 0. The van der Waals surface area contributed by atoms with Crippen LogP contribution in [0.25, 0.3) is 0 Å². The lowest BCUT2D eigenvalue weighted by Crippen LogP contribution is -2.26. The van der Waals surface area contributed by atoms with Gasteiger partial charge in [-0.2, -0.15) is 0 Å². The fourth-order valence-corrected chi connectivity index (χ4v) is 2.41. The van der Waals surface area contributed by atoms with Gasteiger partial charge in [0.15, 0.2) is 0 Å². The number of Topliss-reactive ketones (excluding diaryl/α,β-unsaturated/α-hetero) is 1. The Bertz CT molecular complexity index is 221. The molecule has 1 aliphatic rings. The quantitative estimate of drug-likeness (QED) is 0.798. The van der Waals surface area contributed by atoms with Crippen molar-refractivity contribution in [1.82, 2.24) is 0 Å². The average molecular weight is 226 g/mol. The molecule has 0 aliphatic heterocycles. The van der Waals surface area contributed by atoms with Gasteiger partial charge in [-0.1, -0.05) is 52.9 Å². The van der Waals surface area contributed by atoms with Gasteiger partial charge in [-0.05, 0) is 12.3 Å². The third kappa shape index (κ3) is 4.65. The molecule has 0 radical (unpaired) electrons. The van der Waals surface area contributed by atoms with Gasteiger partial charge in [-0.15, -0.1) is 0 Å². The first-order valence-corrected chi connectivity index (χ1v) is 6.61. The molecule has 0 amide bonds. The van der Waals surface area contributed by atoms with Crippen molar-refractivity contribution >= 4 is 5.78 Å². The number of hydrogen-bond donors (Lipinski definition) is 1. The van der Waals surface area contributed by atoms with E-state index in [2.05, 4.69) is 0 Å². The minimum absolute atomic E-state index is 0.177. The van der Waals surface area contributed by atoms with E-state index in [4.69, 9.17) is 0 Å². The van der Waals surface area contributed by atoms with Crippen molar-refractivity contribution < 1.29 is 9.90 Å². The van der Waals surface area contributed by atoms with Gasteiger partial charge in [0, 0.05) is 11.8 Å². The Labute approximate surface area is 99.4 Å². The Balaban J connectivity index is 2.29. The second kappa shape index (κ2) is 5.81. The van der Waals surface area contributed by atoms with E-state index in [1.165, 1.54) is 32.1 Å². The van der Waals surface area contributed by atoms with E-state index in [1.54, 1.807) is 0 Å². The van der Waals surface area contributed by atoms with E-state index < -0.39 is 6.10 Å². The number of aliphatic hydroxyl groups is 1. The maximum atomic E-state index is 11.8. The lowest BCUT2D eigenvalue weighted by atomic mass is 9.82. The largest absolute Gasteiger partial charge is 0.393 e. The molecule has 1 unspecified atom stereocenters. The first-order chi connectivity index (χ1) is 7.39. The third-order valence-corrected chi connectivity index (χ3v) is 3.59. The highest BCUT2D eigenvalue weighted by Crippen LogP contribution is 2.28. The first kappa shape index (κ1) is 13.7. The van der Waals surface area contributed by atoms with Crippen molar-refractivity contribution in [2.45, 2.75) is 71.8 Å². The van der Waals surface area contributed by atoms with E-state index in [0.717, 1.165) is 6.42 Å². The van der Waals surface area contributed by atoms with Gasteiger partial charge >= 0.3 is 0 Å². The molecule has 1 saturated carbocycles. The predicted octanol–water partition coefficient (Wildman–Crippen LogP) is 3.32. The van der Waals surface area contributed by atoms with Crippen LogP contribution >= 0.6 is 0 Å². The van der Waals surface area contributed by atoms with Crippen LogP contribution in [0.5, 0.6) is 0 Å². The molecule has 2 heteroatoms. The molecule has 0 aromatic heterocycles. The van der Waals surface area contributed by atoms with Crippen molar-refractivity contribution in [3.8, 4) is 0 Å². The number of carbonyl (C=O) groups excluding carboxylic acids is 1. The van der Waals surface area contributed by atoms with Crippen LogP contribution in [-0.4, -0.2) is 17.0 Å². The number of rotatable bonds is 4. The van der Waals surface area contributed by atoms with E-state index >= 15 is 0 Å². The van der Waals surface area contributed by atoms with Gasteiger partial charge in [0.25, 0.3) is 0 Å². The SMILES string of the molecule is CC(C)(C)C(=O)CC(O)CC1CCCCC1. The highest BCUT2D eigenvalue weighted by Gasteiger charge is 2.25. The molecule has 16 heavy (non-hydrogen) atoms. The molecule has 0 bridgehead atoms. The van der Waals surface area contributed by atoms with Crippen LogP contribution in [0.3, 0.4) is 0 Å². The van der Waals surface area contributed by atoms with Gasteiger partial charge in [-0.25, -0.2) is 0 Å². The van der Waals surface area contributed by atoms with Crippen molar-refractivity contribution in [1.29, 1.82) is 0 Å².